The highest BCUT2D eigenvalue weighted by atomic mass is 35.5. The van der Waals surface area contributed by atoms with Crippen LogP contribution in [0.15, 0.2) is 71.6 Å². The Morgan fingerprint density at radius 2 is 1.69 bits per heavy atom. The molecule has 3 aromatic carbocycles. The van der Waals surface area contributed by atoms with Crippen LogP contribution in [0.2, 0.25) is 5.02 Å². The topological polar surface area (TPSA) is 42.3 Å². The number of fused-ring (bicyclic) bond motifs is 1. The lowest BCUT2D eigenvalue weighted by molar-refractivity contribution is -0.123. The minimum absolute atomic E-state index is 0.0465. The third kappa shape index (κ3) is 4.37. The molecule has 1 fully saturated rings. The minimum atomic E-state index is -0.491. The van der Waals surface area contributed by atoms with Gasteiger partial charge in [0.1, 0.15) is 11.6 Å². The number of nitrogens with zero attached hydrogens (tertiary/aromatic N) is 2. The Labute approximate surface area is 209 Å². The molecular weight excluding hydrogens is 490 g/mol. The zero-order valence-electron chi connectivity index (χ0n) is 18.6. The highest BCUT2D eigenvalue weighted by Crippen LogP contribution is 2.37. The van der Waals surface area contributed by atoms with Gasteiger partial charge in [-0.1, -0.05) is 54.1 Å². The summed E-state index contributed by atoms with van der Waals surface area (Å²) < 4.78 is 29.7. The van der Waals surface area contributed by atoms with Gasteiger partial charge in [0.2, 0.25) is 0 Å². The van der Waals surface area contributed by atoms with E-state index in [2.05, 4.69) is 0 Å². The molecule has 4 nitrogen and oxygen atoms in total. The van der Waals surface area contributed by atoms with Crippen LogP contribution in [0.25, 0.3) is 17.0 Å². The Balaban J connectivity index is 1.51. The summed E-state index contributed by atoms with van der Waals surface area (Å²) in [5.41, 5.74) is 3.58. The average Bonchev–Trinajstić information content (AvgIpc) is 3.25. The summed E-state index contributed by atoms with van der Waals surface area (Å²) >= 11 is 6.95. The lowest BCUT2D eigenvalue weighted by atomic mass is 10.1. The monoisotopic (exact) mass is 508 g/mol. The van der Waals surface area contributed by atoms with Crippen LogP contribution in [0.5, 0.6) is 0 Å². The van der Waals surface area contributed by atoms with Crippen molar-refractivity contribution in [2.24, 2.45) is 0 Å². The van der Waals surface area contributed by atoms with E-state index in [4.69, 9.17) is 11.6 Å². The van der Waals surface area contributed by atoms with Crippen LogP contribution in [-0.4, -0.2) is 20.6 Å². The Bertz CT molecular complexity index is 1530. The number of amides is 2. The van der Waals surface area contributed by atoms with Crippen LogP contribution in [0.4, 0.5) is 13.6 Å². The molecule has 2 amide bonds. The molecular formula is C27H19ClF2N2O2S. The maximum absolute atomic E-state index is 14.4. The second-order valence-corrected chi connectivity index (χ2v) is 9.60. The van der Waals surface area contributed by atoms with E-state index in [1.54, 1.807) is 24.3 Å². The maximum atomic E-state index is 14.4. The van der Waals surface area contributed by atoms with Gasteiger partial charge >= 0.3 is 0 Å². The first-order valence-electron chi connectivity index (χ1n) is 10.8. The van der Waals surface area contributed by atoms with Crippen LogP contribution in [-0.2, 0) is 17.9 Å². The molecule has 35 heavy (non-hydrogen) atoms. The number of imide groups is 1. The molecule has 5 rings (SSSR count). The summed E-state index contributed by atoms with van der Waals surface area (Å²) in [7, 11) is 0. The Morgan fingerprint density at radius 3 is 2.46 bits per heavy atom. The zero-order chi connectivity index (χ0) is 24.7. The van der Waals surface area contributed by atoms with Crippen molar-refractivity contribution >= 4 is 51.5 Å². The van der Waals surface area contributed by atoms with Crippen molar-refractivity contribution in [2.75, 3.05) is 0 Å². The quantitative estimate of drug-likeness (QED) is 0.268. The van der Waals surface area contributed by atoms with E-state index in [9.17, 15) is 18.4 Å². The summed E-state index contributed by atoms with van der Waals surface area (Å²) in [5, 5.41) is 0.629. The van der Waals surface area contributed by atoms with Gasteiger partial charge in [-0.05, 0) is 54.6 Å². The fraction of sp³-hybridized carbons (Fsp3) is 0.111. The number of aromatic nitrogens is 1. The van der Waals surface area contributed by atoms with Crippen molar-refractivity contribution in [3.05, 3.63) is 111 Å². The van der Waals surface area contributed by atoms with E-state index in [0.717, 1.165) is 44.9 Å². The van der Waals surface area contributed by atoms with E-state index in [0.29, 0.717) is 17.7 Å². The number of halogens is 3. The van der Waals surface area contributed by atoms with Crippen molar-refractivity contribution in [2.45, 2.75) is 20.0 Å². The highest BCUT2D eigenvalue weighted by Gasteiger charge is 2.35. The molecule has 1 saturated heterocycles. The standard InChI is InChI=1S/C27H19ClF2N2O2S/c1-16-21(20-7-3-5-9-24(20)31(16)15-18-6-2-4-8-23(18)30)13-25-26(33)32(27(34)35-25)14-17-10-11-19(29)12-22(17)28/h2-13H,14-15H2,1H3/b25-13-. The SMILES string of the molecule is Cc1c(/C=C2\SC(=O)N(Cc3ccc(F)cc3Cl)C2=O)c2ccccc2n1Cc1ccccc1F. The molecule has 1 aliphatic rings. The lowest BCUT2D eigenvalue weighted by Gasteiger charge is -2.13. The molecule has 0 aliphatic carbocycles. The van der Waals surface area contributed by atoms with Gasteiger partial charge < -0.3 is 4.57 Å². The van der Waals surface area contributed by atoms with Gasteiger partial charge in [0.15, 0.2) is 0 Å². The van der Waals surface area contributed by atoms with Crippen molar-refractivity contribution in [1.82, 2.24) is 9.47 Å². The molecule has 0 atom stereocenters. The summed E-state index contributed by atoms with van der Waals surface area (Å²) in [4.78, 5) is 27.2. The predicted octanol–water partition coefficient (Wildman–Crippen LogP) is 7.17. The molecule has 0 N–H and O–H groups in total. The fourth-order valence-electron chi connectivity index (χ4n) is 4.23. The maximum Gasteiger partial charge on any atom is 0.293 e. The van der Waals surface area contributed by atoms with E-state index < -0.39 is 17.0 Å². The number of rotatable bonds is 5. The van der Waals surface area contributed by atoms with Gasteiger partial charge in [-0.2, -0.15) is 0 Å². The molecule has 1 aromatic heterocycles. The van der Waals surface area contributed by atoms with E-state index in [1.165, 1.54) is 18.2 Å². The smallest absolute Gasteiger partial charge is 0.293 e. The van der Waals surface area contributed by atoms with Crippen molar-refractivity contribution in [3.8, 4) is 0 Å². The molecule has 2 heterocycles. The number of hydrogen-bond donors (Lipinski definition) is 0. The van der Waals surface area contributed by atoms with Gasteiger partial charge in [-0.15, -0.1) is 0 Å². The number of para-hydroxylation sites is 1. The number of carbonyl (C=O) groups excluding carboxylic acids is 2. The summed E-state index contributed by atoms with van der Waals surface area (Å²) in [5.74, 6) is -1.22. The molecule has 0 bridgehead atoms. The first-order valence-corrected chi connectivity index (χ1v) is 12.0. The van der Waals surface area contributed by atoms with Gasteiger partial charge in [0.25, 0.3) is 11.1 Å². The van der Waals surface area contributed by atoms with Gasteiger partial charge in [0, 0.05) is 32.7 Å². The molecule has 4 aromatic rings. The number of thioether (sulfide) groups is 1. The Kier molecular flexibility index (Phi) is 6.21. The normalized spacial score (nSPS) is 15.1. The Hall–Kier alpha value is -3.42. The van der Waals surface area contributed by atoms with Crippen LogP contribution in [0.1, 0.15) is 22.4 Å². The van der Waals surface area contributed by atoms with E-state index in [1.807, 2.05) is 35.8 Å². The molecule has 0 unspecified atom stereocenters. The molecule has 0 saturated carbocycles. The first kappa shape index (κ1) is 23.3. The van der Waals surface area contributed by atoms with Crippen molar-refractivity contribution in [3.63, 3.8) is 0 Å². The number of carbonyl (C=O) groups is 2. The number of benzene rings is 3. The second kappa shape index (κ2) is 9.32. The second-order valence-electron chi connectivity index (χ2n) is 8.20. The van der Waals surface area contributed by atoms with Crippen LogP contribution < -0.4 is 0 Å². The largest absolute Gasteiger partial charge is 0.340 e. The summed E-state index contributed by atoms with van der Waals surface area (Å²) in [6.45, 7) is 2.20. The third-order valence-electron chi connectivity index (χ3n) is 6.06. The first-order chi connectivity index (χ1) is 16.8. The van der Waals surface area contributed by atoms with Crippen molar-refractivity contribution < 1.29 is 18.4 Å². The minimum Gasteiger partial charge on any atom is -0.340 e. The zero-order valence-corrected chi connectivity index (χ0v) is 20.2. The molecule has 1 aliphatic heterocycles. The third-order valence-corrected chi connectivity index (χ3v) is 7.32. The van der Waals surface area contributed by atoms with Gasteiger partial charge in [-0.3, -0.25) is 14.5 Å². The summed E-state index contributed by atoms with van der Waals surface area (Å²) in [6, 6.07) is 18.2. The van der Waals surface area contributed by atoms with Crippen LogP contribution in [0.3, 0.4) is 0 Å². The summed E-state index contributed by atoms with van der Waals surface area (Å²) in [6.07, 6.45) is 1.71. The van der Waals surface area contributed by atoms with Crippen LogP contribution in [0, 0.1) is 18.6 Å². The Morgan fingerprint density at radius 1 is 0.943 bits per heavy atom. The fourth-order valence-corrected chi connectivity index (χ4v) is 5.28. The molecule has 8 heteroatoms. The van der Waals surface area contributed by atoms with Gasteiger partial charge in [-0.25, -0.2) is 8.78 Å². The van der Waals surface area contributed by atoms with E-state index >= 15 is 0 Å². The van der Waals surface area contributed by atoms with Gasteiger partial charge in [0.05, 0.1) is 18.0 Å². The lowest BCUT2D eigenvalue weighted by Crippen LogP contribution is -2.27. The van der Waals surface area contributed by atoms with E-state index in [-0.39, 0.29) is 22.3 Å². The van der Waals surface area contributed by atoms with Crippen LogP contribution >= 0.6 is 23.4 Å². The number of hydrogen-bond acceptors (Lipinski definition) is 3. The molecule has 0 radical (unpaired) electrons. The van der Waals surface area contributed by atoms with Crippen molar-refractivity contribution in [1.29, 1.82) is 0 Å². The molecule has 0 spiro atoms. The molecule has 176 valence electrons. The average molecular weight is 509 g/mol. The highest BCUT2D eigenvalue weighted by molar-refractivity contribution is 8.18. The predicted molar refractivity (Wildman–Crippen MR) is 135 cm³/mol.